The number of carbonyl (C=O) groups is 1. The summed E-state index contributed by atoms with van der Waals surface area (Å²) in [6.45, 7) is 3.65. The van der Waals surface area contributed by atoms with Crippen molar-refractivity contribution in [1.29, 1.82) is 0 Å². The summed E-state index contributed by atoms with van der Waals surface area (Å²) in [4.78, 5) is 11.4. The fourth-order valence-electron chi connectivity index (χ4n) is 2.17. The average molecular weight is 277 g/mol. The number of rotatable bonds is 4. The molecule has 0 fully saturated rings. The van der Waals surface area contributed by atoms with E-state index >= 15 is 0 Å². The second-order valence-corrected chi connectivity index (χ2v) is 5.07. The summed E-state index contributed by atoms with van der Waals surface area (Å²) in [5.41, 5.74) is 3.72. The quantitative estimate of drug-likeness (QED) is 0.794. The van der Waals surface area contributed by atoms with E-state index in [4.69, 9.17) is 11.6 Å². The van der Waals surface area contributed by atoms with E-state index in [2.05, 4.69) is 12.0 Å². The number of halogens is 1. The first-order chi connectivity index (χ1) is 9.02. The minimum absolute atomic E-state index is 0.0171. The van der Waals surface area contributed by atoms with Crippen LogP contribution in [0.5, 0.6) is 0 Å². The molecule has 1 aromatic heterocycles. The molecule has 3 nitrogen and oxygen atoms in total. The molecule has 0 N–H and O–H groups in total. The number of aromatic nitrogens is 2. The van der Waals surface area contributed by atoms with Crippen LogP contribution in [-0.4, -0.2) is 15.6 Å². The maximum Gasteiger partial charge on any atom is 0.161 e. The Morgan fingerprint density at radius 2 is 2.16 bits per heavy atom. The summed E-state index contributed by atoms with van der Waals surface area (Å²) in [5, 5.41) is 4.97. The zero-order chi connectivity index (χ0) is 14.0. The summed E-state index contributed by atoms with van der Waals surface area (Å²) in [5.74, 6) is -0.0171. The molecule has 100 valence electrons. The highest BCUT2D eigenvalue weighted by Crippen LogP contribution is 2.28. The molecule has 0 atom stereocenters. The normalized spacial score (nSPS) is 10.7. The predicted octanol–water partition coefficient (Wildman–Crippen LogP) is 3.90. The van der Waals surface area contributed by atoms with Crippen molar-refractivity contribution in [2.45, 2.75) is 26.7 Å². The van der Waals surface area contributed by atoms with Gasteiger partial charge < -0.3 is 0 Å². The van der Waals surface area contributed by atoms with Crippen LogP contribution in [0.2, 0.25) is 5.02 Å². The summed E-state index contributed by atoms with van der Waals surface area (Å²) >= 11 is 6.16. The second kappa shape index (κ2) is 5.57. The van der Waals surface area contributed by atoms with E-state index in [1.54, 1.807) is 6.07 Å². The molecule has 0 amide bonds. The third kappa shape index (κ3) is 2.87. The van der Waals surface area contributed by atoms with Crippen LogP contribution in [0.1, 0.15) is 36.3 Å². The van der Waals surface area contributed by atoms with E-state index in [9.17, 15) is 4.79 Å². The SMILES string of the molecule is CCCc1nn(C)cc1-c1ccc(C(C)=O)c(Cl)c1. The van der Waals surface area contributed by atoms with E-state index in [-0.39, 0.29) is 5.78 Å². The van der Waals surface area contributed by atoms with Gasteiger partial charge >= 0.3 is 0 Å². The number of benzene rings is 1. The van der Waals surface area contributed by atoms with Gasteiger partial charge in [-0.2, -0.15) is 5.10 Å². The van der Waals surface area contributed by atoms with Gasteiger partial charge in [-0.25, -0.2) is 0 Å². The van der Waals surface area contributed by atoms with E-state index < -0.39 is 0 Å². The van der Waals surface area contributed by atoms with Crippen LogP contribution in [0.25, 0.3) is 11.1 Å². The van der Waals surface area contributed by atoms with Gasteiger partial charge in [-0.3, -0.25) is 9.48 Å². The Morgan fingerprint density at radius 1 is 1.42 bits per heavy atom. The maximum atomic E-state index is 11.4. The van der Waals surface area contributed by atoms with Gasteiger partial charge in [0.2, 0.25) is 0 Å². The topological polar surface area (TPSA) is 34.9 Å². The first kappa shape index (κ1) is 13.8. The highest BCUT2D eigenvalue weighted by atomic mass is 35.5. The highest BCUT2D eigenvalue weighted by molar-refractivity contribution is 6.34. The largest absolute Gasteiger partial charge is 0.294 e. The maximum absolute atomic E-state index is 11.4. The molecule has 1 heterocycles. The molecule has 19 heavy (non-hydrogen) atoms. The molecule has 4 heteroatoms. The van der Waals surface area contributed by atoms with Gasteiger partial charge in [-0.15, -0.1) is 0 Å². The molecule has 2 aromatic rings. The van der Waals surface area contributed by atoms with E-state index in [1.807, 2.05) is 30.1 Å². The minimum Gasteiger partial charge on any atom is -0.294 e. The second-order valence-electron chi connectivity index (χ2n) is 4.66. The smallest absolute Gasteiger partial charge is 0.161 e. The molecule has 1 aromatic carbocycles. The van der Waals surface area contributed by atoms with Crippen molar-refractivity contribution < 1.29 is 4.79 Å². The van der Waals surface area contributed by atoms with Gasteiger partial charge in [0.15, 0.2) is 5.78 Å². The van der Waals surface area contributed by atoms with Crippen LogP contribution in [0.15, 0.2) is 24.4 Å². The fraction of sp³-hybridized carbons (Fsp3) is 0.333. The molecule has 0 saturated carbocycles. The van der Waals surface area contributed by atoms with E-state index in [0.29, 0.717) is 10.6 Å². The summed E-state index contributed by atoms with van der Waals surface area (Å²) < 4.78 is 1.81. The summed E-state index contributed by atoms with van der Waals surface area (Å²) in [6.07, 6.45) is 3.97. The third-order valence-electron chi connectivity index (χ3n) is 3.05. The van der Waals surface area contributed by atoms with Crippen LogP contribution in [0.4, 0.5) is 0 Å². The van der Waals surface area contributed by atoms with Crippen molar-refractivity contribution >= 4 is 17.4 Å². The Hall–Kier alpha value is -1.61. The standard InChI is InChI=1S/C15H17ClN2O/c1-4-5-15-13(9-18(3)17-15)11-6-7-12(10(2)19)14(16)8-11/h6-9H,4-5H2,1-3H3. The number of ketones is 1. The van der Waals surface area contributed by atoms with Gasteiger partial charge in [0, 0.05) is 24.4 Å². The van der Waals surface area contributed by atoms with Crippen molar-refractivity contribution in [3.8, 4) is 11.1 Å². The van der Waals surface area contributed by atoms with Gasteiger partial charge in [-0.1, -0.05) is 31.0 Å². The number of hydrogen-bond donors (Lipinski definition) is 0. The van der Waals surface area contributed by atoms with Crippen LogP contribution in [0.3, 0.4) is 0 Å². The van der Waals surface area contributed by atoms with Crippen molar-refractivity contribution in [3.05, 3.63) is 40.7 Å². The molecule has 0 saturated heterocycles. The monoisotopic (exact) mass is 276 g/mol. The molecule has 0 radical (unpaired) electrons. The van der Waals surface area contributed by atoms with Gasteiger partial charge in [0.05, 0.1) is 10.7 Å². The van der Waals surface area contributed by atoms with Crippen LogP contribution < -0.4 is 0 Å². The highest BCUT2D eigenvalue weighted by Gasteiger charge is 2.12. The Kier molecular flexibility index (Phi) is 4.05. The molecule has 0 aliphatic carbocycles. The van der Waals surface area contributed by atoms with Crippen molar-refractivity contribution in [2.24, 2.45) is 7.05 Å². The van der Waals surface area contributed by atoms with Gasteiger partial charge in [0.25, 0.3) is 0 Å². The van der Waals surface area contributed by atoms with Crippen molar-refractivity contribution in [3.63, 3.8) is 0 Å². The van der Waals surface area contributed by atoms with Crippen LogP contribution >= 0.6 is 11.6 Å². The number of nitrogens with zero attached hydrogens (tertiary/aromatic N) is 2. The molecular weight excluding hydrogens is 260 g/mol. The Bertz CT molecular complexity index is 617. The van der Waals surface area contributed by atoms with Crippen LogP contribution in [-0.2, 0) is 13.5 Å². The lowest BCUT2D eigenvalue weighted by Crippen LogP contribution is -1.94. The first-order valence-electron chi connectivity index (χ1n) is 6.36. The first-order valence-corrected chi connectivity index (χ1v) is 6.74. The van der Waals surface area contributed by atoms with E-state index in [1.165, 1.54) is 6.92 Å². The number of Topliss-reactive ketones (excluding diaryl/α,β-unsaturated/α-hetero) is 1. The molecule has 0 spiro atoms. The molecular formula is C15H17ClN2O. The lowest BCUT2D eigenvalue weighted by molar-refractivity contribution is 0.101. The number of carbonyl (C=O) groups excluding carboxylic acids is 1. The molecule has 2 rings (SSSR count). The Morgan fingerprint density at radius 3 is 2.74 bits per heavy atom. The third-order valence-corrected chi connectivity index (χ3v) is 3.36. The Labute approximate surface area is 118 Å². The Balaban J connectivity index is 2.47. The van der Waals surface area contributed by atoms with Gasteiger partial charge in [-0.05, 0) is 31.0 Å². The zero-order valence-corrected chi connectivity index (χ0v) is 12.2. The summed E-state index contributed by atoms with van der Waals surface area (Å²) in [6, 6.07) is 5.55. The predicted molar refractivity (Wildman–Crippen MR) is 77.7 cm³/mol. The lowest BCUT2D eigenvalue weighted by Gasteiger charge is -2.05. The zero-order valence-electron chi connectivity index (χ0n) is 11.4. The number of aryl methyl sites for hydroxylation is 2. The number of hydrogen-bond acceptors (Lipinski definition) is 2. The lowest BCUT2D eigenvalue weighted by atomic mass is 10.0. The molecule has 0 bridgehead atoms. The molecule has 0 unspecified atom stereocenters. The van der Waals surface area contributed by atoms with Crippen LogP contribution in [0, 0.1) is 0 Å². The van der Waals surface area contributed by atoms with Crippen molar-refractivity contribution in [2.75, 3.05) is 0 Å². The molecule has 0 aliphatic rings. The summed E-state index contributed by atoms with van der Waals surface area (Å²) in [7, 11) is 1.91. The minimum atomic E-state index is -0.0171. The molecule has 0 aliphatic heterocycles. The fourth-order valence-corrected chi connectivity index (χ4v) is 2.48. The van der Waals surface area contributed by atoms with E-state index in [0.717, 1.165) is 29.7 Å². The average Bonchev–Trinajstić information content (AvgIpc) is 2.70. The van der Waals surface area contributed by atoms with Gasteiger partial charge in [0.1, 0.15) is 0 Å². The van der Waals surface area contributed by atoms with Crippen molar-refractivity contribution in [1.82, 2.24) is 9.78 Å².